The van der Waals surface area contributed by atoms with Crippen LogP contribution in [0.15, 0.2) is 10.7 Å². The molecule has 1 unspecified atom stereocenters. The molecule has 1 atom stereocenters. The molecular formula is C15H20BrN3O4. The molecule has 2 aliphatic heterocycles. The van der Waals surface area contributed by atoms with Crippen LogP contribution in [0.1, 0.15) is 48.8 Å². The van der Waals surface area contributed by atoms with Crippen molar-refractivity contribution < 1.29 is 19.4 Å². The highest BCUT2D eigenvalue weighted by Crippen LogP contribution is 2.27. The van der Waals surface area contributed by atoms with E-state index in [0.29, 0.717) is 38.2 Å². The number of rotatable bonds is 3. The van der Waals surface area contributed by atoms with E-state index in [0.717, 1.165) is 23.9 Å². The molecule has 3 rings (SSSR count). The highest BCUT2D eigenvalue weighted by molar-refractivity contribution is 9.10. The zero-order valence-corrected chi connectivity index (χ0v) is 14.4. The first-order valence-corrected chi connectivity index (χ1v) is 8.74. The Morgan fingerprint density at radius 1 is 1.26 bits per heavy atom. The minimum atomic E-state index is -0.779. The van der Waals surface area contributed by atoms with Crippen LogP contribution in [-0.4, -0.2) is 51.4 Å². The maximum atomic E-state index is 12.6. The highest BCUT2D eigenvalue weighted by Gasteiger charge is 2.29. The van der Waals surface area contributed by atoms with E-state index in [1.807, 2.05) is 0 Å². The van der Waals surface area contributed by atoms with Gasteiger partial charge >= 0.3 is 5.97 Å². The topological polar surface area (TPSA) is 84.7 Å². The Hall–Kier alpha value is -1.41. The lowest BCUT2D eigenvalue weighted by Gasteiger charge is -2.29. The molecule has 0 radical (unpaired) electrons. The molecule has 0 spiro atoms. The number of nitrogens with zero attached hydrogens (tertiary/aromatic N) is 3. The Labute approximate surface area is 142 Å². The van der Waals surface area contributed by atoms with Crippen molar-refractivity contribution in [3.63, 3.8) is 0 Å². The van der Waals surface area contributed by atoms with Crippen molar-refractivity contribution in [3.8, 4) is 0 Å². The molecule has 8 heteroatoms. The SMILES string of the molecule is O=C(O)C1CCN(C(=O)c2cc(Br)n(C3CCCCO3)n2)CC1. The number of hydrogen-bond donors (Lipinski definition) is 1. The summed E-state index contributed by atoms with van der Waals surface area (Å²) < 4.78 is 8.15. The summed E-state index contributed by atoms with van der Waals surface area (Å²) in [6, 6.07) is 1.71. The molecular weight excluding hydrogens is 366 g/mol. The van der Waals surface area contributed by atoms with Gasteiger partial charge in [0.2, 0.25) is 0 Å². The zero-order valence-electron chi connectivity index (χ0n) is 12.8. The fourth-order valence-corrected chi connectivity index (χ4v) is 3.61. The third kappa shape index (κ3) is 3.58. The van der Waals surface area contributed by atoms with Crippen molar-refractivity contribution in [2.75, 3.05) is 19.7 Å². The Morgan fingerprint density at radius 3 is 2.61 bits per heavy atom. The van der Waals surface area contributed by atoms with Crippen molar-refractivity contribution in [2.24, 2.45) is 5.92 Å². The lowest BCUT2D eigenvalue weighted by atomic mass is 9.97. The van der Waals surface area contributed by atoms with Crippen molar-refractivity contribution in [1.29, 1.82) is 0 Å². The van der Waals surface area contributed by atoms with E-state index in [1.165, 1.54) is 0 Å². The monoisotopic (exact) mass is 385 g/mol. The first kappa shape index (κ1) is 16.4. The van der Waals surface area contributed by atoms with Gasteiger partial charge in [-0.05, 0) is 48.0 Å². The summed E-state index contributed by atoms with van der Waals surface area (Å²) in [5.74, 6) is -1.28. The molecule has 2 fully saturated rings. The van der Waals surface area contributed by atoms with Crippen molar-refractivity contribution in [1.82, 2.24) is 14.7 Å². The standard InChI is InChI=1S/C15H20BrN3O4/c16-12-9-11(17-19(12)13-3-1-2-8-23-13)14(20)18-6-4-10(5-7-18)15(21)22/h9-10,13H,1-8H2,(H,21,22). The molecule has 0 aliphatic carbocycles. The molecule has 0 bridgehead atoms. The number of halogens is 1. The number of carbonyl (C=O) groups excluding carboxylic acids is 1. The number of hydrogen-bond acceptors (Lipinski definition) is 4. The van der Waals surface area contributed by atoms with E-state index in [2.05, 4.69) is 21.0 Å². The second kappa shape index (κ2) is 7.00. The number of aromatic nitrogens is 2. The highest BCUT2D eigenvalue weighted by atomic mass is 79.9. The van der Waals surface area contributed by atoms with Crippen LogP contribution in [0.25, 0.3) is 0 Å². The van der Waals surface area contributed by atoms with Crippen LogP contribution in [0, 0.1) is 5.92 Å². The molecule has 1 N–H and O–H groups in total. The summed E-state index contributed by atoms with van der Waals surface area (Å²) in [4.78, 5) is 25.2. The summed E-state index contributed by atoms with van der Waals surface area (Å²) >= 11 is 3.45. The van der Waals surface area contributed by atoms with Gasteiger partial charge in [-0.25, -0.2) is 4.68 Å². The van der Waals surface area contributed by atoms with Gasteiger partial charge in [-0.15, -0.1) is 0 Å². The first-order chi connectivity index (χ1) is 11.1. The van der Waals surface area contributed by atoms with Gasteiger partial charge < -0.3 is 14.7 Å². The van der Waals surface area contributed by atoms with Crippen LogP contribution in [0.4, 0.5) is 0 Å². The Balaban J connectivity index is 1.67. The Kier molecular flexibility index (Phi) is 5.01. The van der Waals surface area contributed by atoms with Crippen LogP contribution in [0.2, 0.25) is 0 Å². The zero-order chi connectivity index (χ0) is 16.4. The third-order valence-corrected chi connectivity index (χ3v) is 5.06. The summed E-state index contributed by atoms with van der Waals surface area (Å²) in [6.45, 7) is 1.63. The fraction of sp³-hybridized carbons (Fsp3) is 0.667. The van der Waals surface area contributed by atoms with Gasteiger partial charge in [0.25, 0.3) is 5.91 Å². The van der Waals surface area contributed by atoms with Gasteiger partial charge in [0.1, 0.15) is 4.60 Å². The fourth-order valence-electron chi connectivity index (χ4n) is 3.09. The molecule has 2 aliphatic rings. The minimum Gasteiger partial charge on any atom is -0.481 e. The number of carboxylic acids is 1. The normalized spacial score (nSPS) is 23.0. The second-order valence-electron chi connectivity index (χ2n) is 6.02. The molecule has 0 saturated carbocycles. The average Bonchev–Trinajstić information content (AvgIpc) is 2.97. The van der Waals surface area contributed by atoms with Crippen molar-refractivity contribution in [3.05, 3.63) is 16.4 Å². The van der Waals surface area contributed by atoms with E-state index in [4.69, 9.17) is 9.84 Å². The van der Waals surface area contributed by atoms with Gasteiger partial charge in [0, 0.05) is 25.8 Å². The van der Waals surface area contributed by atoms with E-state index in [1.54, 1.807) is 15.6 Å². The lowest BCUT2D eigenvalue weighted by molar-refractivity contribution is -0.143. The summed E-state index contributed by atoms with van der Waals surface area (Å²) in [7, 11) is 0. The van der Waals surface area contributed by atoms with E-state index in [-0.39, 0.29) is 18.1 Å². The molecule has 23 heavy (non-hydrogen) atoms. The van der Waals surface area contributed by atoms with Crippen LogP contribution in [0.5, 0.6) is 0 Å². The van der Waals surface area contributed by atoms with Gasteiger partial charge in [0.05, 0.1) is 5.92 Å². The number of carboxylic acid groups (broad SMARTS) is 1. The van der Waals surface area contributed by atoms with Crippen LogP contribution in [-0.2, 0) is 9.53 Å². The molecule has 3 heterocycles. The maximum absolute atomic E-state index is 12.6. The molecule has 7 nitrogen and oxygen atoms in total. The molecule has 0 aromatic carbocycles. The Bertz CT molecular complexity index is 590. The van der Waals surface area contributed by atoms with Gasteiger partial charge in [-0.2, -0.15) is 5.10 Å². The summed E-state index contributed by atoms with van der Waals surface area (Å²) in [5.41, 5.74) is 0.375. The molecule has 1 aromatic rings. The van der Waals surface area contributed by atoms with Gasteiger partial charge in [0.15, 0.2) is 11.9 Å². The van der Waals surface area contributed by atoms with Gasteiger partial charge in [-0.3, -0.25) is 9.59 Å². The smallest absolute Gasteiger partial charge is 0.306 e. The predicted octanol–water partition coefficient (Wildman–Crippen LogP) is 2.28. The van der Waals surface area contributed by atoms with Crippen LogP contribution >= 0.6 is 15.9 Å². The predicted molar refractivity (Wildman–Crippen MR) is 85.0 cm³/mol. The average molecular weight is 386 g/mol. The van der Waals surface area contributed by atoms with Crippen LogP contribution < -0.4 is 0 Å². The number of aliphatic carboxylic acids is 1. The maximum Gasteiger partial charge on any atom is 0.306 e. The second-order valence-corrected chi connectivity index (χ2v) is 6.84. The van der Waals surface area contributed by atoms with Gasteiger partial charge in [-0.1, -0.05) is 0 Å². The van der Waals surface area contributed by atoms with Crippen molar-refractivity contribution in [2.45, 2.75) is 38.3 Å². The summed E-state index contributed by atoms with van der Waals surface area (Å²) in [6.07, 6.45) is 3.89. The number of piperidine rings is 1. The molecule has 1 aromatic heterocycles. The number of likely N-dealkylation sites (tertiary alicyclic amines) is 1. The third-order valence-electron chi connectivity index (χ3n) is 4.47. The quantitative estimate of drug-likeness (QED) is 0.862. The Morgan fingerprint density at radius 2 is 2.00 bits per heavy atom. The minimum absolute atomic E-state index is 0.127. The number of amides is 1. The number of ether oxygens (including phenoxy) is 1. The largest absolute Gasteiger partial charge is 0.481 e. The van der Waals surface area contributed by atoms with E-state index >= 15 is 0 Å². The molecule has 2 saturated heterocycles. The van der Waals surface area contributed by atoms with Crippen molar-refractivity contribution >= 4 is 27.8 Å². The first-order valence-electron chi connectivity index (χ1n) is 7.95. The lowest BCUT2D eigenvalue weighted by Crippen LogP contribution is -2.40. The molecule has 1 amide bonds. The van der Waals surface area contributed by atoms with E-state index in [9.17, 15) is 9.59 Å². The number of carbonyl (C=O) groups is 2. The van der Waals surface area contributed by atoms with Crippen LogP contribution in [0.3, 0.4) is 0 Å². The van der Waals surface area contributed by atoms with E-state index < -0.39 is 5.97 Å². The molecule has 126 valence electrons. The summed E-state index contributed by atoms with van der Waals surface area (Å²) in [5, 5.41) is 13.4.